The fourth-order valence-electron chi connectivity index (χ4n) is 2.22. The molecule has 1 unspecified atom stereocenters. The van der Waals surface area contributed by atoms with Crippen molar-refractivity contribution in [3.8, 4) is 0 Å². The van der Waals surface area contributed by atoms with Crippen LogP contribution in [0, 0.1) is 5.92 Å². The first kappa shape index (κ1) is 15.7. The summed E-state index contributed by atoms with van der Waals surface area (Å²) < 4.78 is 0. The highest BCUT2D eigenvalue weighted by molar-refractivity contribution is 5.74. The van der Waals surface area contributed by atoms with Gasteiger partial charge in [-0.05, 0) is 25.2 Å². The molecule has 1 aliphatic rings. The molecule has 0 aromatic rings. The second-order valence-corrected chi connectivity index (χ2v) is 4.84. The molecule has 2 amide bonds. The first-order chi connectivity index (χ1) is 9.04. The number of aliphatic carboxylic acids is 1. The van der Waals surface area contributed by atoms with Gasteiger partial charge in [-0.1, -0.05) is 0 Å². The number of carboxylic acids is 1. The number of aliphatic hydroxyl groups excluding tert-OH is 2. The smallest absolute Gasteiger partial charge is 0.332 e. The number of rotatable bonds is 6. The average Bonchev–Trinajstić information content (AvgIpc) is 2.39. The van der Waals surface area contributed by atoms with E-state index in [4.69, 9.17) is 15.3 Å². The molecule has 19 heavy (non-hydrogen) atoms. The zero-order valence-electron chi connectivity index (χ0n) is 10.9. The van der Waals surface area contributed by atoms with Crippen molar-refractivity contribution in [1.82, 2.24) is 10.2 Å². The van der Waals surface area contributed by atoms with Gasteiger partial charge in [-0.25, -0.2) is 9.59 Å². The number of carbonyl (C=O) groups excluding carboxylic acids is 1. The van der Waals surface area contributed by atoms with E-state index in [1.54, 1.807) is 4.90 Å². The fourth-order valence-corrected chi connectivity index (χ4v) is 2.22. The van der Waals surface area contributed by atoms with Crippen LogP contribution in [0.25, 0.3) is 0 Å². The number of aliphatic hydroxyl groups is 2. The first-order valence-corrected chi connectivity index (χ1v) is 6.59. The summed E-state index contributed by atoms with van der Waals surface area (Å²) in [4.78, 5) is 23.9. The van der Waals surface area contributed by atoms with E-state index in [-0.39, 0.29) is 25.6 Å². The topological polar surface area (TPSA) is 110 Å². The summed E-state index contributed by atoms with van der Waals surface area (Å²) >= 11 is 0. The summed E-state index contributed by atoms with van der Waals surface area (Å²) in [5, 5.41) is 29.1. The Labute approximate surface area is 112 Å². The van der Waals surface area contributed by atoms with E-state index in [0.29, 0.717) is 25.4 Å². The Hall–Kier alpha value is -1.34. The van der Waals surface area contributed by atoms with Crippen LogP contribution in [0.4, 0.5) is 4.79 Å². The average molecular weight is 274 g/mol. The Morgan fingerprint density at radius 3 is 2.79 bits per heavy atom. The number of carboxylic acid groups (broad SMARTS) is 1. The molecule has 1 saturated heterocycles. The minimum Gasteiger partial charge on any atom is -0.479 e. The Kier molecular flexibility index (Phi) is 6.58. The number of carbonyl (C=O) groups is 2. The van der Waals surface area contributed by atoms with Crippen molar-refractivity contribution in [3.05, 3.63) is 0 Å². The number of urea groups is 1. The molecule has 1 rings (SSSR count). The SMILES string of the molecule is O=C(O)[C@@H](O)CCNC(=O)N1CCCC(CCO)C1. The maximum atomic E-state index is 11.8. The van der Waals surface area contributed by atoms with Crippen LogP contribution in [0.3, 0.4) is 0 Å². The molecule has 0 aromatic heterocycles. The van der Waals surface area contributed by atoms with E-state index in [1.165, 1.54) is 0 Å². The van der Waals surface area contributed by atoms with Crippen molar-refractivity contribution in [2.75, 3.05) is 26.2 Å². The van der Waals surface area contributed by atoms with Crippen LogP contribution in [0.15, 0.2) is 0 Å². The van der Waals surface area contributed by atoms with Crippen LogP contribution in [-0.2, 0) is 4.79 Å². The molecule has 7 heteroatoms. The van der Waals surface area contributed by atoms with Crippen LogP contribution < -0.4 is 5.32 Å². The number of nitrogens with zero attached hydrogens (tertiary/aromatic N) is 1. The van der Waals surface area contributed by atoms with Gasteiger partial charge in [0.25, 0.3) is 0 Å². The molecule has 0 saturated carbocycles. The lowest BCUT2D eigenvalue weighted by molar-refractivity contribution is -0.146. The zero-order chi connectivity index (χ0) is 14.3. The third-order valence-corrected chi connectivity index (χ3v) is 3.32. The van der Waals surface area contributed by atoms with Gasteiger partial charge in [-0.2, -0.15) is 0 Å². The standard InChI is InChI=1S/C12H22N2O5/c15-7-4-9-2-1-6-14(8-9)12(19)13-5-3-10(16)11(17)18/h9-10,15-16H,1-8H2,(H,13,19)(H,17,18)/t9?,10-/m0/s1. The second-order valence-electron chi connectivity index (χ2n) is 4.84. The predicted molar refractivity (Wildman–Crippen MR) is 67.7 cm³/mol. The van der Waals surface area contributed by atoms with E-state index in [2.05, 4.69) is 5.32 Å². The molecule has 1 aliphatic heterocycles. The van der Waals surface area contributed by atoms with Gasteiger partial charge in [-0.15, -0.1) is 0 Å². The monoisotopic (exact) mass is 274 g/mol. The van der Waals surface area contributed by atoms with Crippen molar-refractivity contribution in [2.45, 2.75) is 31.8 Å². The minimum absolute atomic E-state index is 0.00498. The van der Waals surface area contributed by atoms with Crippen LogP contribution in [-0.4, -0.2) is 64.6 Å². The van der Waals surface area contributed by atoms with Gasteiger partial charge < -0.3 is 25.5 Å². The van der Waals surface area contributed by atoms with Crippen LogP contribution in [0.5, 0.6) is 0 Å². The third kappa shape index (κ3) is 5.44. The van der Waals surface area contributed by atoms with Crippen molar-refractivity contribution >= 4 is 12.0 Å². The van der Waals surface area contributed by atoms with Gasteiger partial charge in [0, 0.05) is 32.7 Å². The van der Waals surface area contributed by atoms with Gasteiger partial charge in [0.1, 0.15) is 0 Å². The van der Waals surface area contributed by atoms with Crippen molar-refractivity contribution < 1.29 is 24.9 Å². The van der Waals surface area contributed by atoms with Crippen molar-refractivity contribution in [3.63, 3.8) is 0 Å². The number of piperidine rings is 1. The quantitative estimate of drug-likeness (QED) is 0.528. The van der Waals surface area contributed by atoms with Gasteiger partial charge in [0.2, 0.25) is 0 Å². The summed E-state index contributed by atoms with van der Waals surface area (Å²) in [6, 6.07) is -0.236. The lowest BCUT2D eigenvalue weighted by Gasteiger charge is -2.32. The Morgan fingerprint density at radius 2 is 2.16 bits per heavy atom. The van der Waals surface area contributed by atoms with Gasteiger partial charge >= 0.3 is 12.0 Å². The van der Waals surface area contributed by atoms with E-state index in [1.807, 2.05) is 0 Å². The molecular formula is C12H22N2O5. The first-order valence-electron chi connectivity index (χ1n) is 6.59. The molecule has 1 fully saturated rings. The van der Waals surface area contributed by atoms with Crippen LogP contribution in [0.2, 0.25) is 0 Å². The second kappa shape index (κ2) is 7.96. The van der Waals surface area contributed by atoms with E-state index < -0.39 is 12.1 Å². The van der Waals surface area contributed by atoms with Gasteiger partial charge in [-0.3, -0.25) is 0 Å². The lowest BCUT2D eigenvalue weighted by atomic mass is 9.95. The highest BCUT2D eigenvalue weighted by Crippen LogP contribution is 2.19. The zero-order valence-corrected chi connectivity index (χ0v) is 10.9. The van der Waals surface area contributed by atoms with E-state index in [9.17, 15) is 9.59 Å². The Bertz CT molecular complexity index is 308. The largest absolute Gasteiger partial charge is 0.479 e. The van der Waals surface area contributed by atoms with Crippen LogP contribution >= 0.6 is 0 Å². The van der Waals surface area contributed by atoms with Gasteiger partial charge in [0.15, 0.2) is 6.10 Å². The minimum atomic E-state index is -1.44. The molecule has 0 aliphatic carbocycles. The normalized spacial score (nSPS) is 20.9. The molecule has 0 spiro atoms. The number of likely N-dealkylation sites (tertiary alicyclic amines) is 1. The predicted octanol–water partition coefficient (Wildman–Crippen LogP) is -0.374. The molecule has 0 radical (unpaired) electrons. The third-order valence-electron chi connectivity index (χ3n) is 3.32. The molecule has 0 aromatic carbocycles. The fraction of sp³-hybridized carbons (Fsp3) is 0.833. The maximum Gasteiger partial charge on any atom is 0.332 e. The number of nitrogens with one attached hydrogen (secondary N) is 1. The summed E-state index contributed by atoms with van der Waals surface area (Å²) in [6.45, 7) is 1.56. The summed E-state index contributed by atoms with van der Waals surface area (Å²) in [5.41, 5.74) is 0. The summed E-state index contributed by atoms with van der Waals surface area (Å²) in [7, 11) is 0. The molecule has 7 nitrogen and oxygen atoms in total. The Balaban J connectivity index is 2.27. The van der Waals surface area contributed by atoms with Crippen molar-refractivity contribution in [2.24, 2.45) is 5.92 Å². The summed E-state index contributed by atoms with van der Waals surface area (Å²) in [6.07, 6.45) is 1.18. The number of hydrogen-bond donors (Lipinski definition) is 4. The molecular weight excluding hydrogens is 252 g/mol. The molecule has 110 valence electrons. The number of amides is 2. The Morgan fingerprint density at radius 1 is 1.42 bits per heavy atom. The van der Waals surface area contributed by atoms with Crippen LogP contribution in [0.1, 0.15) is 25.7 Å². The highest BCUT2D eigenvalue weighted by atomic mass is 16.4. The molecule has 0 bridgehead atoms. The molecule has 2 atom stereocenters. The van der Waals surface area contributed by atoms with E-state index >= 15 is 0 Å². The molecule has 1 heterocycles. The molecule has 4 N–H and O–H groups in total. The number of hydrogen-bond acceptors (Lipinski definition) is 4. The van der Waals surface area contributed by atoms with Gasteiger partial charge in [0.05, 0.1) is 0 Å². The van der Waals surface area contributed by atoms with Crippen molar-refractivity contribution in [1.29, 1.82) is 0 Å². The lowest BCUT2D eigenvalue weighted by Crippen LogP contribution is -2.46. The maximum absolute atomic E-state index is 11.8. The highest BCUT2D eigenvalue weighted by Gasteiger charge is 2.23. The van der Waals surface area contributed by atoms with E-state index in [0.717, 1.165) is 12.8 Å². The summed E-state index contributed by atoms with van der Waals surface area (Å²) in [5.74, 6) is -0.954.